The maximum absolute atomic E-state index is 6.23. The molecule has 1 aliphatic rings. The summed E-state index contributed by atoms with van der Waals surface area (Å²) in [6.07, 6.45) is 7.48. The van der Waals surface area contributed by atoms with Crippen molar-refractivity contribution in [1.29, 1.82) is 0 Å². The summed E-state index contributed by atoms with van der Waals surface area (Å²) in [6, 6.07) is 56.8. The number of hydrogen-bond donors (Lipinski definition) is 0. The Kier molecular flexibility index (Phi) is 8.09. The van der Waals surface area contributed by atoms with Crippen molar-refractivity contribution in [3.05, 3.63) is 194 Å². The van der Waals surface area contributed by atoms with E-state index in [1.165, 1.54) is 55.6 Å². The van der Waals surface area contributed by atoms with E-state index in [0.29, 0.717) is 13.2 Å². The summed E-state index contributed by atoms with van der Waals surface area (Å²) in [5.41, 5.74) is 18.7. The molecule has 0 unspecified atom stereocenters. The summed E-state index contributed by atoms with van der Waals surface area (Å²) in [4.78, 5) is 8.82. The lowest BCUT2D eigenvalue weighted by molar-refractivity contribution is 0.110. The quantitative estimate of drug-likeness (QED) is 0.179. The van der Waals surface area contributed by atoms with E-state index in [1.807, 2.05) is 36.9 Å². The van der Waals surface area contributed by atoms with E-state index in [4.69, 9.17) is 4.74 Å². The van der Waals surface area contributed by atoms with E-state index in [-0.39, 0.29) is 0 Å². The van der Waals surface area contributed by atoms with Crippen molar-refractivity contribution in [3.8, 4) is 77.9 Å². The molecule has 0 radical (unpaired) electrons. The Labute approximate surface area is 298 Å². The minimum atomic E-state index is 0.567. The van der Waals surface area contributed by atoms with Crippen LogP contribution < -0.4 is 0 Å². The zero-order chi connectivity index (χ0) is 34.0. The molecule has 0 atom stereocenters. The number of pyridine rings is 2. The molecule has 0 saturated heterocycles. The fourth-order valence-corrected chi connectivity index (χ4v) is 7.12. The average molecular weight is 655 g/mol. The maximum Gasteiger partial charge on any atom is 0.0727 e. The van der Waals surface area contributed by atoms with Crippen LogP contribution in [0.15, 0.2) is 183 Å². The van der Waals surface area contributed by atoms with Crippen molar-refractivity contribution in [2.75, 3.05) is 0 Å². The molecule has 51 heavy (non-hydrogen) atoms. The normalized spacial score (nSPS) is 12.1. The lowest BCUT2D eigenvalue weighted by Crippen LogP contribution is -1.92. The Bertz CT molecular complexity index is 2190. The molecule has 9 rings (SSSR count). The molecular weight excluding hydrogens is 621 g/mol. The minimum absolute atomic E-state index is 0.567. The summed E-state index contributed by atoms with van der Waals surface area (Å²) < 4.78 is 6.23. The summed E-state index contributed by atoms with van der Waals surface area (Å²) in [6.45, 7) is 1.14. The van der Waals surface area contributed by atoms with E-state index < -0.39 is 0 Å². The molecule has 1 aliphatic heterocycles. The van der Waals surface area contributed by atoms with Gasteiger partial charge in [0, 0.05) is 35.9 Å². The Morgan fingerprint density at radius 2 is 0.686 bits per heavy atom. The summed E-state index contributed by atoms with van der Waals surface area (Å²) in [5.74, 6) is 0. The van der Waals surface area contributed by atoms with Crippen molar-refractivity contribution in [1.82, 2.24) is 9.97 Å². The Hall–Kier alpha value is -6.42. The van der Waals surface area contributed by atoms with Crippen molar-refractivity contribution < 1.29 is 4.74 Å². The van der Waals surface area contributed by atoms with Gasteiger partial charge in [-0.1, -0.05) is 97.1 Å². The SMILES string of the molecule is c1ccc(-c2cc(-c3ccccc3)cc(-c3ccc4c(c3)-c3cc(-c5cc(-c6cccnc6)cc(-c6cccnc6)c5)ccc3COC4)c2)cc1. The summed E-state index contributed by atoms with van der Waals surface area (Å²) in [5, 5.41) is 0. The van der Waals surface area contributed by atoms with Gasteiger partial charge in [-0.3, -0.25) is 9.97 Å². The van der Waals surface area contributed by atoms with E-state index in [1.54, 1.807) is 0 Å². The fourth-order valence-electron chi connectivity index (χ4n) is 7.12. The highest BCUT2D eigenvalue weighted by Crippen LogP contribution is 2.40. The van der Waals surface area contributed by atoms with Crippen LogP contribution in [0.1, 0.15) is 11.1 Å². The smallest absolute Gasteiger partial charge is 0.0727 e. The number of ether oxygens (including phenoxy) is 1. The van der Waals surface area contributed by atoms with E-state index in [9.17, 15) is 0 Å². The number of fused-ring (bicyclic) bond motifs is 3. The zero-order valence-corrected chi connectivity index (χ0v) is 28.0. The number of benzene rings is 6. The van der Waals surface area contributed by atoms with Gasteiger partial charge in [-0.15, -0.1) is 0 Å². The standard InChI is InChI=1S/C48H34N2O/c1-3-9-33(10-4-1)41-21-42(34-11-5-2-6-12-34)23-43(22-41)35-15-17-39-31-51-32-40-18-16-36(28-48(40)47(39)27-35)44-24-45(37-13-7-19-49-29-37)26-46(25-44)38-14-8-20-50-30-38/h1-30H,31-32H2. The van der Waals surface area contributed by atoms with Crippen LogP contribution in [0.3, 0.4) is 0 Å². The zero-order valence-electron chi connectivity index (χ0n) is 28.0. The van der Waals surface area contributed by atoms with Crippen LogP contribution in [-0.4, -0.2) is 9.97 Å². The van der Waals surface area contributed by atoms with Crippen molar-refractivity contribution >= 4 is 0 Å². The highest BCUT2D eigenvalue weighted by Gasteiger charge is 2.18. The van der Waals surface area contributed by atoms with Gasteiger partial charge in [0.2, 0.25) is 0 Å². The Morgan fingerprint density at radius 3 is 1.08 bits per heavy atom. The molecule has 0 amide bonds. The minimum Gasteiger partial charge on any atom is -0.372 e. The number of rotatable bonds is 6. The van der Waals surface area contributed by atoms with Crippen LogP contribution in [0, 0.1) is 0 Å². The van der Waals surface area contributed by atoms with Crippen LogP contribution in [0.2, 0.25) is 0 Å². The Balaban J connectivity index is 1.18. The highest BCUT2D eigenvalue weighted by molar-refractivity contribution is 5.87. The highest BCUT2D eigenvalue weighted by atomic mass is 16.5. The van der Waals surface area contributed by atoms with Crippen molar-refractivity contribution in [2.24, 2.45) is 0 Å². The first kappa shape index (κ1) is 30.6. The predicted molar refractivity (Wildman–Crippen MR) is 209 cm³/mol. The van der Waals surface area contributed by atoms with Crippen LogP contribution in [0.4, 0.5) is 0 Å². The molecule has 6 aromatic carbocycles. The second-order valence-corrected chi connectivity index (χ2v) is 13.1. The van der Waals surface area contributed by atoms with Gasteiger partial charge in [0.1, 0.15) is 0 Å². The van der Waals surface area contributed by atoms with E-state index in [2.05, 4.69) is 156 Å². The topological polar surface area (TPSA) is 35.0 Å². The van der Waals surface area contributed by atoms with E-state index >= 15 is 0 Å². The van der Waals surface area contributed by atoms with Crippen LogP contribution in [0.25, 0.3) is 77.9 Å². The van der Waals surface area contributed by atoms with Gasteiger partial charge in [-0.05, 0) is 139 Å². The third kappa shape index (κ3) is 6.27. The number of hydrogen-bond acceptors (Lipinski definition) is 3. The molecule has 8 aromatic rings. The molecule has 0 spiro atoms. The molecule has 242 valence electrons. The van der Waals surface area contributed by atoms with Gasteiger partial charge < -0.3 is 4.74 Å². The van der Waals surface area contributed by atoms with Gasteiger partial charge in [0.15, 0.2) is 0 Å². The monoisotopic (exact) mass is 654 g/mol. The van der Waals surface area contributed by atoms with Crippen molar-refractivity contribution in [3.63, 3.8) is 0 Å². The lowest BCUT2D eigenvalue weighted by Gasteiger charge is -2.16. The van der Waals surface area contributed by atoms with Gasteiger partial charge in [-0.25, -0.2) is 0 Å². The molecule has 0 bridgehead atoms. The van der Waals surface area contributed by atoms with Crippen molar-refractivity contribution in [2.45, 2.75) is 13.2 Å². The third-order valence-corrected chi connectivity index (χ3v) is 9.76. The molecule has 0 fully saturated rings. The van der Waals surface area contributed by atoms with Crippen LogP contribution in [0.5, 0.6) is 0 Å². The summed E-state index contributed by atoms with van der Waals surface area (Å²) in [7, 11) is 0. The van der Waals surface area contributed by atoms with Gasteiger partial charge in [0.05, 0.1) is 13.2 Å². The first-order valence-electron chi connectivity index (χ1n) is 17.3. The fraction of sp³-hybridized carbons (Fsp3) is 0.0417. The second kappa shape index (κ2) is 13.5. The molecule has 2 aromatic heterocycles. The molecule has 3 heteroatoms. The molecule has 3 heterocycles. The maximum atomic E-state index is 6.23. The van der Waals surface area contributed by atoms with Gasteiger partial charge in [0.25, 0.3) is 0 Å². The van der Waals surface area contributed by atoms with Gasteiger partial charge >= 0.3 is 0 Å². The Morgan fingerprint density at radius 1 is 0.314 bits per heavy atom. The van der Waals surface area contributed by atoms with Crippen LogP contribution >= 0.6 is 0 Å². The average Bonchev–Trinajstić information content (AvgIpc) is 3.40. The van der Waals surface area contributed by atoms with Crippen LogP contribution in [-0.2, 0) is 18.0 Å². The number of nitrogens with zero attached hydrogens (tertiary/aromatic N) is 2. The van der Waals surface area contributed by atoms with Gasteiger partial charge in [-0.2, -0.15) is 0 Å². The number of aromatic nitrogens is 2. The molecule has 0 N–H and O–H groups in total. The second-order valence-electron chi connectivity index (χ2n) is 13.1. The largest absolute Gasteiger partial charge is 0.372 e. The molecule has 0 saturated carbocycles. The predicted octanol–water partition coefficient (Wildman–Crippen LogP) is 12.2. The molecule has 0 aliphatic carbocycles. The molecular formula is C48H34N2O. The lowest BCUT2D eigenvalue weighted by atomic mass is 9.88. The van der Waals surface area contributed by atoms with E-state index in [0.717, 1.165) is 33.4 Å². The summed E-state index contributed by atoms with van der Waals surface area (Å²) >= 11 is 0. The third-order valence-electron chi connectivity index (χ3n) is 9.76. The first-order valence-corrected chi connectivity index (χ1v) is 17.3. The molecule has 3 nitrogen and oxygen atoms in total. The first-order chi connectivity index (χ1) is 25.2.